The highest BCUT2D eigenvalue weighted by atomic mass is 16.5. The molecular formula is C22H20N4O7. The summed E-state index contributed by atoms with van der Waals surface area (Å²) in [6.45, 7) is -0.0580. The molecule has 1 fully saturated rings. The molecule has 1 aromatic heterocycles. The molecule has 0 bridgehead atoms. The van der Waals surface area contributed by atoms with Crippen molar-refractivity contribution in [2.75, 3.05) is 20.8 Å². The van der Waals surface area contributed by atoms with Crippen molar-refractivity contribution in [3.63, 3.8) is 0 Å². The molecule has 2 N–H and O–H groups in total. The Balaban J connectivity index is 1.63. The molecule has 4 rings (SSSR count). The van der Waals surface area contributed by atoms with E-state index in [1.165, 1.54) is 30.3 Å². The summed E-state index contributed by atoms with van der Waals surface area (Å²) in [6.07, 6.45) is 0.834. The third-order valence-electron chi connectivity index (χ3n) is 5.62. The van der Waals surface area contributed by atoms with E-state index < -0.39 is 35.7 Å². The molecule has 11 nitrogen and oxygen atoms in total. The zero-order valence-corrected chi connectivity index (χ0v) is 17.8. The fourth-order valence-corrected chi connectivity index (χ4v) is 4.00. The molecule has 2 aliphatic heterocycles. The molecule has 11 heteroatoms. The maximum Gasteiger partial charge on any atom is 0.357 e. The predicted octanol–water partition coefficient (Wildman–Crippen LogP) is 0.684. The first-order valence-corrected chi connectivity index (χ1v) is 9.94. The van der Waals surface area contributed by atoms with Gasteiger partial charge in [-0.3, -0.25) is 19.7 Å². The molecule has 0 spiro atoms. The summed E-state index contributed by atoms with van der Waals surface area (Å²) in [4.78, 5) is 68.3. The Labute approximate surface area is 188 Å². The number of ketones is 1. The second-order valence-corrected chi connectivity index (χ2v) is 7.67. The van der Waals surface area contributed by atoms with Crippen LogP contribution in [0, 0.1) is 0 Å². The number of pyridine rings is 1. The Morgan fingerprint density at radius 1 is 1.18 bits per heavy atom. The van der Waals surface area contributed by atoms with Crippen molar-refractivity contribution >= 4 is 29.6 Å². The summed E-state index contributed by atoms with van der Waals surface area (Å²) in [5, 5.41) is 4.64. The number of carbonyl (C=O) groups is 5. The number of hydrogen-bond donors (Lipinski definition) is 2. The molecule has 3 heterocycles. The summed E-state index contributed by atoms with van der Waals surface area (Å²) >= 11 is 0. The summed E-state index contributed by atoms with van der Waals surface area (Å²) < 4.78 is 9.84. The van der Waals surface area contributed by atoms with Gasteiger partial charge in [-0.25, -0.2) is 14.6 Å². The molecule has 1 saturated heterocycles. The minimum atomic E-state index is -1.72. The van der Waals surface area contributed by atoms with Gasteiger partial charge in [-0.1, -0.05) is 6.07 Å². The zero-order chi connectivity index (χ0) is 23.8. The van der Waals surface area contributed by atoms with Crippen LogP contribution in [-0.2, 0) is 16.1 Å². The molecule has 0 aliphatic carbocycles. The van der Waals surface area contributed by atoms with E-state index in [4.69, 9.17) is 4.74 Å². The first kappa shape index (κ1) is 21.9. The number of rotatable bonds is 7. The van der Waals surface area contributed by atoms with Crippen LogP contribution in [0.3, 0.4) is 0 Å². The van der Waals surface area contributed by atoms with Gasteiger partial charge in [0, 0.05) is 24.7 Å². The zero-order valence-electron chi connectivity index (χ0n) is 17.8. The van der Waals surface area contributed by atoms with Crippen molar-refractivity contribution < 1.29 is 33.4 Å². The van der Waals surface area contributed by atoms with Gasteiger partial charge < -0.3 is 19.7 Å². The van der Waals surface area contributed by atoms with Crippen molar-refractivity contribution in [1.82, 2.24) is 20.5 Å². The SMILES string of the molecule is COC(=O)c1ncccc1C(=O)CC1(CN2Cc3ccc(OC)cc3C2=O)NC(=O)NC1=O. The number of benzene rings is 1. The fourth-order valence-electron chi connectivity index (χ4n) is 4.00. The number of imide groups is 1. The molecule has 170 valence electrons. The topological polar surface area (TPSA) is 144 Å². The summed E-state index contributed by atoms with van der Waals surface area (Å²) in [6, 6.07) is 7.13. The molecule has 0 saturated carbocycles. The fraction of sp³-hybridized carbons (Fsp3) is 0.273. The maximum atomic E-state index is 13.2. The molecule has 1 atom stereocenters. The third kappa shape index (κ3) is 3.88. The number of methoxy groups -OCH3 is 2. The average Bonchev–Trinajstić information content (AvgIpc) is 3.27. The lowest BCUT2D eigenvalue weighted by Crippen LogP contribution is -2.56. The Morgan fingerprint density at radius 2 is 1.97 bits per heavy atom. The van der Waals surface area contributed by atoms with Crippen LogP contribution in [0.5, 0.6) is 5.75 Å². The van der Waals surface area contributed by atoms with E-state index in [-0.39, 0.29) is 30.3 Å². The number of carbonyl (C=O) groups excluding carboxylic acids is 5. The lowest BCUT2D eigenvalue weighted by atomic mass is 9.89. The Hall–Kier alpha value is -4.28. The minimum Gasteiger partial charge on any atom is -0.497 e. The van der Waals surface area contributed by atoms with Gasteiger partial charge in [0.05, 0.1) is 26.3 Å². The first-order chi connectivity index (χ1) is 15.8. The molecule has 1 aromatic carbocycles. The number of hydrogen-bond acceptors (Lipinski definition) is 8. The van der Waals surface area contributed by atoms with Crippen LogP contribution in [-0.4, -0.2) is 65.8 Å². The standard InChI is InChI=1S/C22H20N4O7/c1-32-13-6-5-12-10-26(18(28)15(12)8-13)11-22(20(30)24-21(31)25-22)9-16(27)14-4-3-7-23-17(14)19(29)33-2/h3-8H,9-11H2,1-2H3,(H2,24,25,30,31). The van der Waals surface area contributed by atoms with Gasteiger partial charge in [0.1, 0.15) is 11.3 Å². The molecule has 0 radical (unpaired) electrons. The van der Waals surface area contributed by atoms with Crippen LogP contribution >= 0.6 is 0 Å². The highest BCUT2D eigenvalue weighted by Crippen LogP contribution is 2.30. The van der Waals surface area contributed by atoms with E-state index in [0.29, 0.717) is 11.3 Å². The molecule has 2 aromatic rings. The van der Waals surface area contributed by atoms with Crippen molar-refractivity contribution in [2.45, 2.75) is 18.5 Å². The lowest BCUT2D eigenvalue weighted by Gasteiger charge is -2.30. The van der Waals surface area contributed by atoms with Gasteiger partial charge in [-0.15, -0.1) is 0 Å². The minimum absolute atomic E-state index is 0.0570. The van der Waals surface area contributed by atoms with E-state index in [1.807, 2.05) is 0 Å². The van der Waals surface area contributed by atoms with Gasteiger partial charge in [-0.2, -0.15) is 0 Å². The van der Waals surface area contributed by atoms with Gasteiger partial charge in [0.2, 0.25) is 0 Å². The Morgan fingerprint density at radius 3 is 2.64 bits per heavy atom. The van der Waals surface area contributed by atoms with Crippen LogP contribution in [0.4, 0.5) is 4.79 Å². The average molecular weight is 452 g/mol. The highest BCUT2D eigenvalue weighted by Gasteiger charge is 2.50. The van der Waals surface area contributed by atoms with Crippen LogP contribution in [0.1, 0.15) is 43.2 Å². The number of ether oxygens (including phenoxy) is 2. The van der Waals surface area contributed by atoms with Crippen LogP contribution in [0.15, 0.2) is 36.5 Å². The second kappa shape index (κ2) is 8.34. The third-order valence-corrected chi connectivity index (χ3v) is 5.62. The Kier molecular flexibility index (Phi) is 5.54. The second-order valence-electron chi connectivity index (χ2n) is 7.67. The number of urea groups is 1. The number of aromatic nitrogens is 1. The largest absolute Gasteiger partial charge is 0.497 e. The van der Waals surface area contributed by atoms with Gasteiger partial charge >= 0.3 is 12.0 Å². The summed E-state index contributed by atoms with van der Waals surface area (Å²) in [5.74, 6) is -2.03. The predicted molar refractivity (Wildman–Crippen MR) is 112 cm³/mol. The van der Waals surface area contributed by atoms with Crippen molar-refractivity contribution in [2.24, 2.45) is 0 Å². The molecule has 33 heavy (non-hydrogen) atoms. The van der Waals surface area contributed by atoms with Gasteiger partial charge in [0.25, 0.3) is 11.8 Å². The Bertz CT molecular complexity index is 1200. The number of Topliss-reactive ketones (excluding diaryl/α,β-unsaturated/α-hetero) is 1. The van der Waals surface area contributed by atoms with E-state index in [9.17, 15) is 24.0 Å². The first-order valence-electron chi connectivity index (χ1n) is 9.94. The molecule has 1 unspecified atom stereocenters. The lowest BCUT2D eigenvalue weighted by molar-refractivity contribution is -0.124. The van der Waals surface area contributed by atoms with Gasteiger partial charge in [-0.05, 0) is 29.8 Å². The van der Waals surface area contributed by atoms with Gasteiger partial charge in [0.15, 0.2) is 11.5 Å². The van der Waals surface area contributed by atoms with Crippen molar-refractivity contribution in [1.29, 1.82) is 0 Å². The smallest absolute Gasteiger partial charge is 0.357 e. The van der Waals surface area contributed by atoms with Crippen LogP contribution in [0.2, 0.25) is 0 Å². The summed E-state index contributed by atoms with van der Waals surface area (Å²) in [7, 11) is 2.64. The molecular weight excluding hydrogens is 432 g/mol. The molecule has 2 aliphatic rings. The monoisotopic (exact) mass is 452 g/mol. The van der Waals surface area contributed by atoms with E-state index >= 15 is 0 Å². The number of fused-ring (bicyclic) bond motifs is 1. The summed E-state index contributed by atoms with van der Waals surface area (Å²) in [5.41, 5.74) is -0.841. The maximum absolute atomic E-state index is 13.2. The quantitative estimate of drug-likeness (QED) is 0.355. The highest BCUT2D eigenvalue weighted by molar-refractivity contribution is 6.13. The number of amides is 4. The number of nitrogens with one attached hydrogen (secondary N) is 2. The van der Waals surface area contributed by atoms with E-state index in [2.05, 4.69) is 20.4 Å². The van der Waals surface area contributed by atoms with Crippen molar-refractivity contribution in [3.05, 3.63) is 58.9 Å². The van der Waals surface area contributed by atoms with E-state index in [1.54, 1.807) is 18.2 Å². The normalized spacial score (nSPS) is 19.1. The van der Waals surface area contributed by atoms with Crippen LogP contribution in [0.25, 0.3) is 0 Å². The van der Waals surface area contributed by atoms with Crippen LogP contribution < -0.4 is 15.4 Å². The molecule has 4 amide bonds. The van der Waals surface area contributed by atoms with Crippen molar-refractivity contribution in [3.8, 4) is 5.75 Å². The number of esters is 1. The van der Waals surface area contributed by atoms with E-state index in [0.717, 1.165) is 12.7 Å². The number of nitrogens with zero attached hydrogens (tertiary/aromatic N) is 2.